The van der Waals surface area contributed by atoms with Crippen LogP contribution in [0.4, 0.5) is 0 Å². The molecule has 29 heteroatoms. The number of nitrogens with one attached hydrogen (secondary N) is 3. The molecule has 6 aromatic carbocycles. The zero-order valence-electron chi connectivity index (χ0n) is 64.6. The third-order valence-corrected chi connectivity index (χ3v) is 28.1. The molecule has 608 valence electrons. The molecule has 15 atom stereocenters. The number of aliphatic hydroxyl groups is 2. The van der Waals surface area contributed by atoms with Crippen molar-refractivity contribution in [1.82, 2.24) is 34.9 Å². The highest BCUT2D eigenvalue weighted by Crippen LogP contribution is 2.66. The van der Waals surface area contributed by atoms with Crippen LogP contribution in [-0.2, 0) is 59.9 Å². The van der Waals surface area contributed by atoms with Gasteiger partial charge >= 0.3 is 11.9 Å². The van der Waals surface area contributed by atoms with Gasteiger partial charge in [-0.15, -0.1) is 23.5 Å². The summed E-state index contributed by atoms with van der Waals surface area (Å²) in [5.74, 6) is 1.19. The number of ether oxygens (including phenoxy) is 8. The Hall–Kier alpha value is -9.76. The third-order valence-electron chi connectivity index (χ3n) is 25.3. The number of hydrogen-bond acceptors (Lipinski definition) is 26. The number of rotatable bonds is 6. The molecule has 115 heavy (non-hydrogen) atoms. The van der Waals surface area contributed by atoms with Gasteiger partial charge in [0.15, 0.2) is 51.5 Å². The van der Waals surface area contributed by atoms with Crippen LogP contribution in [-0.4, -0.2) is 207 Å². The number of likely N-dealkylation sites (N-methyl/N-ethyl adjacent to an activating group) is 2. The van der Waals surface area contributed by atoms with Gasteiger partial charge in [-0.05, 0) is 160 Å². The molecule has 20 rings (SSSR count). The number of phenols is 2. The van der Waals surface area contributed by atoms with Crippen LogP contribution in [0.5, 0.6) is 46.0 Å². The molecule has 1 spiro atoms. The number of carbonyl (C=O) groups is 4. The van der Waals surface area contributed by atoms with Gasteiger partial charge in [-0.3, -0.25) is 34.5 Å². The van der Waals surface area contributed by atoms with E-state index in [2.05, 4.69) is 92.2 Å². The van der Waals surface area contributed by atoms with Gasteiger partial charge in [0.25, 0.3) is 5.97 Å². The highest BCUT2D eigenvalue weighted by Gasteiger charge is 2.64. The Balaban J connectivity index is 0.000000157. The number of ketones is 1. The van der Waals surface area contributed by atoms with E-state index in [-0.39, 0.29) is 137 Å². The molecule has 0 aliphatic carbocycles. The maximum absolute atomic E-state index is 14.9. The number of carboxylic acids is 1. The maximum Gasteiger partial charge on any atom is 0.375 e. The van der Waals surface area contributed by atoms with E-state index in [9.17, 15) is 40.2 Å². The fourth-order valence-corrected chi connectivity index (χ4v) is 23.5. The van der Waals surface area contributed by atoms with E-state index in [0.717, 1.165) is 112 Å². The molecular weight excluding hydrogens is 1510 g/mol. The molecule has 0 amide bonds. The number of piperazine rings is 2. The zero-order valence-corrected chi connectivity index (χ0v) is 66.3. The monoisotopic (exact) mass is 1610 g/mol. The number of esters is 2. The third kappa shape index (κ3) is 12.8. The van der Waals surface area contributed by atoms with E-state index in [0.29, 0.717) is 60.2 Å². The largest absolute Gasteiger partial charge is 0.504 e. The standard InChI is InChI=1S/C41H43N5O7S.C30H31N3O7S.C11H14N2O.C2H4O2.2CH4/c1-18-10-21-11-26-27(13-42)46-28-15-51-40(49)41(39-24(12-22(14-47)44-41)23-8-6-7-9-25(23)43-39)16-54-38(29-19(2)20(3)36-37(31(28)29)53-17-52-36)33(46)32(45(26)4)30(21)34(48)35(18)50-5;1-12-6-15-7-16-17(8-31)33-18-9-38-30(36)19(34)10-41-29(20-13(2)14(3)27-28(22(18)20)40-11-39-27)24(33)23(32(16)4)21(15)25(35)26(12)37-5;12-9(7-14)5-8-6-13-11-4-2-1-3-10(8)11;1-2(3)4;;/h6-10,22,26-28,32-33,38,43-44,47-48H,11-12,14-17H2,1-5H3;6,16-18,23-24,29,35H,7,9-11H2,1-5H3;1-4,6,9,13-14H,5,7,12H2;1H3,(H,3,4);2*1H4/t22-,26+,27+,28+,32-,33-,38-,41-;16-,17-,18-,23+,24+,29+;9-;;;/m101.../s1. The van der Waals surface area contributed by atoms with Crippen LogP contribution in [0.2, 0.25) is 0 Å². The summed E-state index contributed by atoms with van der Waals surface area (Å²) < 4.78 is 48.0. The molecule has 8 bridgehead atoms. The zero-order chi connectivity index (χ0) is 79.8. The van der Waals surface area contributed by atoms with Crippen LogP contribution in [0.1, 0.15) is 151 Å². The van der Waals surface area contributed by atoms with Gasteiger partial charge in [-0.25, -0.2) is 9.59 Å². The van der Waals surface area contributed by atoms with Crippen molar-refractivity contribution in [2.75, 3.05) is 79.8 Å². The first kappa shape index (κ1) is 81.8. The Morgan fingerprint density at radius 2 is 1.16 bits per heavy atom. The summed E-state index contributed by atoms with van der Waals surface area (Å²) in [5, 5.41) is 77.7. The molecule has 27 nitrogen and oxygen atoms in total. The predicted octanol–water partition coefficient (Wildman–Crippen LogP) is 10.1. The molecule has 8 aromatic rings. The summed E-state index contributed by atoms with van der Waals surface area (Å²) in [5.41, 5.74) is 22.5. The number of aromatic nitrogens is 2. The highest BCUT2D eigenvalue weighted by atomic mass is 32.2. The molecule has 0 radical (unpaired) electrons. The van der Waals surface area contributed by atoms with Crippen LogP contribution >= 0.6 is 23.5 Å². The molecular formula is C86H100N10O17S2. The minimum atomic E-state index is -1.31. The number of aliphatic hydroxyl groups excluding tert-OH is 2. The molecule has 0 saturated carbocycles. The number of hydrogen-bond donors (Lipinski definition) is 9. The number of aryl methyl sites for hydroxylation is 2. The summed E-state index contributed by atoms with van der Waals surface area (Å²) in [7, 11) is 7.20. The molecule has 10 N–H and O–H groups in total. The first-order valence-electron chi connectivity index (χ1n) is 38.0. The summed E-state index contributed by atoms with van der Waals surface area (Å²) in [6.45, 7) is 13.0. The summed E-state index contributed by atoms with van der Waals surface area (Å²) in [6, 6.07) is 21.0. The molecule has 12 aliphatic heterocycles. The SMILES string of the molecule is C.C.CC(=O)O.COc1c(C)cc2c(c1O)[C@@H]1[C@@H]3[C@@H]4SCC(=O)C(=O)OC[C@@H](c5c6c(c(C)c(C)c54)OCO6)N3[C@@H](C#N)[C@H](C2)N1C.COc1c(C)cc2c(c1O)[C@@H]1[C@@H]3[C@@H]4SC[C@]5(N[C@@H](CO)Cc6c5[nH]c5ccccc65)C(=O)OC[C@@H](c5c6c(c(C)c(C)c54)OCO6)N3[C@@H](C#N)[C@H](C2)N1C.N[C@@H](CO)Cc1c[nH]c2ccccc12. The van der Waals surface area contributed by atoms with E-state index in [4.69, 9.17) is 58.6 Å². The Morgan fingerprint density at radius 1 is 0.670 bits per heavy atom. The number of aromatic amines is 2. The fraction of sp³-hybridized carbons (Fsp3) is 0.465. The number of aliphatic carboxylic acids is 1. The van der Waals surface area contributed by atoms with Crippen molar-refractivity contribution >= 4 is 69.0 Å². The number of carbonyl (C=O) groups excluding carboxylic acids is 3. The number of H-pyrrole nitrogens is 2. The van der Waals surface area contributed by atoms with E-state index in [1.165, 1.54) is 22.7 Å². The number of benzene rings is 6. The highest BCUT2D eigenvalue weighted by molar-refractivity contribution is 8.00. The second kappa shape index (κ2) is 31.7. The number of para-hydroxylation sites is 2. The lowest BCUT2D eigenvalue weighted by molar-refractivity contribution is -0.158. The van der Waals surface area contributed by atoms with Crippen molar-refractivity contribution < 1.29 is 82.6 Å². The van der Waals surface area contributed by atoms with Gasteiger partial charge in [0, 0.05) is 110 Å². The number of nitriles is 2. The maximum atomic E-state index is 14.9. The smallest absolute Gasteiger partial charge is 0.375 e. The Morgan fingerprint density at radius 3 is 1.66 bits per heavy atom. The first-order valence-corrected chi connectivity index (χ1v) is 40.1. The number of aromatic hydroxyl groups is 2. The number of carboxylic acid groups (broad SMARTS) is 1. The number of Topliss-reactive ketones (excluding diaryl/α,β-unsaturated/α-hetero) is 1. The molecule has 12 aliphatic rings. The number of cyclic esters (lactones) is 1. The number of thioether (sulfide) groups is 2. The first-order chi connectivity index (χ1) is 54.4. The number of nitrogens with zero attached hydrogens (tertiary/aromatic N) is 6. The average Bonchev–Trinajstić information content (AvgIpc) is 1.57. The summed E-state index contributed by atoms with van der Waals surface area (Å²) in [6.07, 6.45) is 4.34. The van der Waals surface area contributed by atoms with Gasteiger partial charge in [0.1, 0.15) is 25.3 Å². The molecule has 4 saturated heterocycles. The van der Waals surface area contributed by atoms with Gasteiger partial charge in [-0.1, -0.05) is 63.4 Å². The molecule has 2 aromatic heterocycles. The van der Waals surface area contributed by atoms with Crippen molar-refractivity contribution in [2.45, 2.75) is 178 Å². The number of fused-ring (bicyclic) bond motifs is 21. The fourth-order valence-electron chi connectivity index (χ4n) is 20.3. The minimum Gasteiger partial charge on any atom is -0.504 e. The number of phenolic OH excluding ortho intramolecular Hbond substituents is 2. The quantitative estimate of drug-likeness (QED) is 0.0552. The second-order valence-electron chi connectivity index (χ2n) is 31.2. The molecule has 0 unspecified atom stereocenters. The van der Waals surface area contributed by atoms with Crippen LogP contribution in [0.25, 0.3) is 21.8 Å². The van der Waals surface area contributed by atoms with Gasteiger partial charge in [-0.2, -0.15) is 10.5 Å². The Bertz CT molecular complexity index is 5320. The molecule has 4 fully saturated rings. The van der Waals surface area contributed by atoms with Crippen LogP contribution < -0.4 is 39.5 Å². The van der Waals surface area contributed by atoms with E-state index < -0.39 is 53.4 Å². The van der Waals surface area contributed by atoms with E-state index in [1.54, 1.807) is 26.0 Å². The lowest BCUT2D eigenvalue weighted by Gasteiger charge is -2.62. The van der Waals surface area contributed by atoms with Crippen molar-refractivity contribution in [1.29, 1.82) is 10.5 Å². The predicted molar refractivity (Wildman–Crippen MR) is 433 cm³/mol. The summed E-state index contributed by atoms with van der Waals surface area (Å²) in [4.78, 5) is 65.1. The normalized spacial score (nSPS) is 27.1. The number of nitrogens with two attached hydrogens (primary N) is 1. The Kier molecular flexibility index (Phi) is 22.5. The van der Waals surface area contributed by atoms with Crippen LogP contribution in [0.15, 0.2) is 66.9 Å². The Labute approximate surface area is 676 Å². The number of methoxy groups -OCH3 is 2. The average molecular weight is 1610 g/mol. The lowest BCUT2D eigenvalue weighted by Crippen LogP contribution is -2.69. The molecule has 14 heterocycles. The van der Waals surface area contributed by atoms with Gasteiger partial charge in [0.05, 0.1) is 75.2 Å². The minimum absolute atomic E-state index is 0. The van der Waals surface area contributed by atoms with E-state index in [1.807, 2.05) is 77.3 Å². The van der Waals surface area contributed by atoms with Gasteiger partial charge < -0.3 is 79.1 Å². The second-order valence-corrected chi connectivity index (χ2v) is 33.4. The lowest BCUT2D eigenvalue weighted by atomic mass is 9.71. The van der Waals surface area contributed by atoms with Crippen molar-refractivity contribution in [3.05, 3.63) is 162 Å². The van der Waals surface area contributed by atoms with E-state index >= 15 is 0 Å². The van der Waals surface area contributed by atoms with Crippen LogP contribution in [0, 0.1) is 64.2 Å². The van der Waals surface area contributed by atoms with Crippen molar-refractivity contribution in [3.8, 4) is 58.1 Å². The van der Waals surface area contributed by atoms with Gasteiger partial charge in [0.2, 0.25) is 19.4 Å². The van der Waals surface area contributed by atoms with Crippen LogP contribution in [0.3, 0.4) is 0 Å². The van der Waals surface area contributed by atoms with Crippen molar-refractivity contribution in [2.24, 2.45) is 5.73 Å². The van der Waals surface area contributed by atoms with Crippen molar-refractivity contribution in [3.63, 3.8) is 0 Å². The topological polar surface area (TPSA) is 373 Å². The summed E-state index contributed by atoms with van der Waals surface area (Å²) >= 11 is 3.03.